The summed E-state index contributed by atoms with van der Waals surface area (Å²) in [6.45, 7) is 5.56. The summed E-state index contributed by atoms with van der Waals surface area (Å²) in [7, 11) is 0. The minimum absolute atomic E-state index is 0. The molecule has 0 rings (SSSR count). The number of aliphatic hydroxyl groups is 1. The Morgan fingerprint density at radius 3 is 1.57 bits per heavy atom. The molecule has 0 aliphatic heterocycles. The molecule has 0 atom stereocenters. The van der Waals surface area contributed by atoms with Gasteiger partial charge >= 0.3 is 0 Å². The van der Waals surface area contributed by atoms with Gasteiger partial charge in [0.15, 0.2) is 0 Å². The minimum atomic E-state index is -0.458. The van der Waals surface area contributed by atoms with Crippen molar-refractivity contribution in [1.29, 1.82) is 0 Å². The summed E-state index contributed by atoms with van der Waals surface area (Å²) in [4.78, 5) is 0. The van der Waals surface area contributed by atoms with Gasteiger partial charge in [0, 0.05) is 22.4 Å². The summed E-state index contributed by atoms with van der Waals surface area (Å²) in [6, 6.07) is 0. The first-order valence-electron chi connectivity index (χ1n) is 2.28. The molecular weight excluding hydrogens is 257 g/mol. The van der Waals surface area contributed by atoms with E-state index in [0.717, 1.165) is 6.42 Å². The standard InChI is InChI=1S/C5H12O.Ta/c1-4-5(2,3)6;/h6H,4H2,1-3H3;. The topological polar surface area (TPSA) is 20.2 Å². The Morgan fingerprint density at radius 2 is 1.57 bits per heavy atom. The Bertz CT molecular complexity index is 37.8. The third-order valence-corrected chi connectivity index (χ3v) is 0.865. The van der Waals surface area contributed by atoms with Gasteiger partial charge in [-0.2, -0.15) is 0 Å². The van der Waals surface area contributed by atoms with E-state index in [4.69, 9.17) is 5.11 Å². The first-order chi connectivity index (χ1) is 2.56. The van der Waals surface area contributed by atoms with Gasteiger partial charge in [-0.05, 0) is 20.3 Å². The fraction of sp³-hybridized carbons (Fsp3) is 1.00. The smallest absolute Gasteiger partial charge is 0.0589 e. The van der Waals surface area contributed by atoms with Crippen LogP contribution in [0.3, 0.4) is 0 Å². The third kappa shape index (κ3) is 10.8. The first kappa shape index (κ1) is 10.6. The Kier molecular flexibility index (Phi) is 5.58. The number of rotatable bonds is 1. The molecule has 43 valence electrons. The predicted octanol–water partition coefficient (Wildman–Crippen LogP) is 1.16. The molecule has 0 aromatic heterocycles. The summed E-state index contributed by atoms with van der Waals surface area (Å²) >= 11 is 0. The van der Waals surface area contributed by atoms with Crippen LogP contribution in [0.25, 0.3) is 0 Å². The SMILES string of the molecule is CCC(C)(C)O.[Ta]. The van der Waals surface area contributed by atoms with Crippen molar-refractivity contribution in [2.24, 2.45) is 0 Å². The molecule has 0 heterocycles. The van der Waals surface area contributed by atoms with Crippen LogP contribution in [0, 0.1) is 0 Å². The molecule has 1 N–H and O–H groups in total. The molecule has 2 heteroatoms. The molecule has 7 heavy (non-hydrogen) atoms. The van der Waals surface area contributed by atoms with Gasteiger partial charge in [-0.15, -0.1) is 0 Å². The van der Waals surface area contributed by atoms with Crippen molar-refractivity contribution in [2.45, 2.75) is 32.8 Å². The monoisotopic (exact) mass is 269 g/mol. The minimum Gasteiger partial charge on any atom is -0.390 e. The van der Waals surface area contributed by atoms with Crippen LogP contribution in [-0.2, 0) is 22.4 Å². The van der Waals surface area contributed by atoms with Gasteiger partial charge in [0.25, 0.3) is 0 Å². The Labute approximate surface area is 60.6 Å². The maximum absolute atomic E-state index is 8.83. The molecule has 0 fully saturated rings. The second kappa shape index (κ2) is 3.67. The van der Waals surface area contributed by atoms with Crippen LogP contribution in [0.5, 0.6) is 0 Å². The molecule has 0 unspecified atom stereocenters. The molecular formula is C5H12OTa. The molecule has 0 saturated heterocycles. The summed E-state index contributed by atoms with van der Waals surface area (Å²) in [5.41, 5.74) is -0.458. The maximum Gasteiger partial charge on any atom is 0.0589 e. The molecule has 1 radical (unpaired) electrons. The van der Waals surface area contributed by atoms with E-state index in [1.165, 1.54) is 0 Å². The molecule has 0 spiro atoms. The van der Waals surface area contributed by atoms with Crippen LogP contribution in [0.4, 0.5) is 0 Å². The van der Waals surface area contributed by atoms with Gasteiger partial charge in [-0.1, -0.05) is 6.92 Å². The molecule has 0 aliphatic rings. The molecule has 0 amide bonds. The van der Waals surface area contributed by atoms with E-state index in [1.54, 1.807) is 13.8 Å². The zero-order valence-electron chi connectivity index (χ0n) is 5.10. The Hall–Kier alpha value is 0.700. The van der Waals surface area contributed by atoms with E-state index in [0.29, 0.717) is 0 Å². The van der Waals surface area contributed by atoms with Crippen molar-refractivity contribution >= 4 is 0 Å². The maximum atomic E-state index is 8.83. The van der Waals surface area contributed by atoms with Crippen molar-refractivity contribution in [3.05, 3.63) is 0 Å². The predicted molar refractivity (Wildman–Crippen MR) is 26.6 cm³/mol. The van der Waals surface area contributed by atoms with E-state index >= 15 is 0 Å². The normalized spacial score (nSPS) is 10.3. The van der Waals surface area contributed by atoms with Crippen molar-refractivity contribution < 1.29 is 27.5 Å². The Balaban J connectivity index is 0. The molecule has 0 bridgehead atoms. The van der Waals surface area contributed by atoms with Crippen molar-refractivity contribution in [3.8, 4) is 0 Å². The van der Waals surface area contributed by atoms with E-state index in [9.17, 15) is 0 Å². The van der Waals surface area contributed by atoms with Gasteiger partial charge in [-0.3, -0.25) is 0 Å². The largest absolute Gasteiger partial charge is 0.390 e. The van der Waals surface area contributed by atoms with Gasteiger partial charge < -0.3 is 5.11 Å². The van der Waals surface area contributed by atoms with Crippen molar-refractivity contribution in [3.63, 3.8) is 0 Å². The Morgan fingerprint density at radius 1 is 1.43 bits per heavy atom. The quantitative estimate of drug-likeness (QED) is 0.757. The molecule has 1 nitrogen and oxygen atoms in total. The van der Waals surface area contributed by atoms with Crippen LogP contribution < -0.4 is 0 Å². The van der Waals surface area contributed by atoms with E-state index in [1.807, 2.05) is 6.92 Å². The average Bonchev–Trinajstić information content (AvgIpc) is 1.35. The van der Waals surface area contributed by atoms with E-state index in [2.05, 4.69) is 0 Å². The fourth-order valence-electron chi connectivity index (χ4n) is 0. The van der Waals surface area contributed by atoms with E-state index < -0.39 is 5.60 Å². The average molecular weight is 269 g/mol. The van der Waals surface area contributed by atoms with Gasteiger partial charge in [0.2, 0.25) is 0 Å². The van der Waals surface area contributed by atoms with E-state index in [-0.39, 0.29) is 22.4 Å². The first-order valence-corrected chi connectivity index (χ1v) is 2.28. The second-order valence-electron chi connectivity index (χ2n) is 2.17. The van der Waals surface area contributed by atoms with Crippen molar-refractivity contribution in [2.75, 3.05) is 0 Å². The summed E-state index contributed by atoms with van der Waals surface area (Å²) in [5, 5.41) is 8.83. The molecule has 0 aromatic carbocycles. The van der Waals surface area contributed by atoms with Crippen molar-refractivity contribution in [1.82, 2.24) is 0 Å². The van der Waals surface area contributed by atoms with Gasteiger partial charge in [-0.25, -0.2) is 0 Å². The fourth-order valence-corrected chi connectivity index (χ4v) is 0. The molecule has 0 aromatic rings. The number of hydrogen-bond acceptors (Lipinski definition) is 1. The van der Waals surface area contributed by atoms with Gasteiger partial charge in [0.1, 0.15) is 0 Å². The zero-order valence-corrected chi connectivity index (χ0v) is 8.31. The van der Waals surface area contributed by atoms with Crippen LogP contribution in [0.1, 0.15) is 27.2 Å². The van der Waals surface area contributed by atoms with Crippen LogP contribution in [-0.4, -0.2) is 10.7 Å². The summed E-state index contributed by atoms with van der Waals surface area (Å²) in [6.07, 6.45) is 0.826. The zero-order chi connectivity index (χ0) is 5.21. The second-order valence-corrected chi connectivity index (χ2v) is 2.17. The van der Waals surface area contributed by atoms with Crippen LogP contribution in [0.2, 0.25) is 0 Å². The third-order valence-electron chi connectivity index (χ3n) is 0.865. The van der Waals surface area contributed by atoms with Crippen LogP contribution in [0.15, 0.2) is 0 Å². The number of hydrogen-bond donors (Lipinski definition) is 1. The van der Waals surface area contributed by atoms with Crippen LogP contribution >= 0.6 is 0 Å². The molecule has 0 aliphatic carbocycles. The molecule has 0 saturated carbocycles. The summed E-state index contributed by atoms with van der Waals surface area (Å²) in [5.74, 6) is 0. The van der Waals surface area contributed by atoms with Gasteiger partial charge in [0.05, 0.1) is 5.60 Å². The summed E-state index contributed by atoms with van der Waals surface area (Å²) < 4.78 is 0.